The van der Waals surface area contributed by atoms with Gasteiger partial charge in [0.25, 0.3) is 0 Å². The van der Waals surface area contributed by atoms with Crippen LogP contribution >= 0.6 is 0 Å². The van der Waals surface area contributed by atoms with Crippen LogP contribution in [0.2, 0.25) is 0 Å². The summed E-state index contributed by atoms with van der Waals surface area (Å²) in [5.41, 5.74) is 1.89. The predicted molar refractivity (Wildman–Crippen MR) is 78.1 cm³/mol. The molecule has 0 amide bonds. The summed E-state index contributed by atoms with van der Waals surface area (Å²) >= 11 is 0. The summed E-state index contributed by atoms with van der Waals surface area (Å²) in [7, 11) is 0. The first-order valence-electron chi connectivity index (χ1n) is 6.77. The lowest BCUT2D eigenvalue weighted by atomic mass is 10.0. The molecule has 6 nitrogen and oxygen atoms in total. The highest BCUT2D eigenvalue weighted by atomic mass is 16.6. The molecule has 0 spiro atoms. The molecular formula is C15H15N3O3. The van der Waals surface area contributed by atoms with Crippen LogP contribution in [0.1, 0.15) is 18.1 Å². The predicted octanol–water partition coefficient (Wildman–Crippen LogP) is 2.93. The fourth-order valence-electron chi connectivity index (χ4n) is 2.50. The molecule has 0 bridgehead atoms. The molecule has 21 heavy (non-hydrogen) atoms. The second kappa shape index (κ2) is 5.88. The number of anilines is 1. The van der Waals surface area contributed by atoms with Crippen LogP contribution in [0.25, 0.3) is 0 Å². The fraction of sp³-hybridized carbons (Fsp3) is 0.267. The first-order chi connectivity index (χ1) is 10.2. The van der Waals surface area contributed by atoms with Gasteiger partial charge in [0.05, 0.1) is 11.7 Å². The normalized spacial score (nSPS) is 21.1. The molecule has 1 aromatic carbocycles. The number of aromatic nitrogens is 1. The molecule has 3 rings (SSSR count). The Hall–Kier alpha value is -2.47. The summed E-state index contributed by atoms with van der Waals surface area (Å²) in [6, 6.07) is 13.2. The average molecular weight is 285 g/mol. The Morgan fingerprint density at radius 2 is 2.05 bits per heavy atom. The lowest BCUT2D eigenvalue weighted by Crippen LogP contribution is -2.23. The van der Waals surface area contributed by atoms with Gasteiger partial charge in [-0.3, -0.25) is 0 Å². The Labute approximate surface area is 121 Å². The summed E-state index contributed by atoms with van der Waals surface area (Å²) < 4.78 is 5.79. The number of nitrogens with one attached hydrogen (secondary N) is 1. The van der Waals surface area contributed by atoms with Gasteiger partial charge in [0.2, 0.25) is 0 Å². The third kappa shape index (κ3) is 3.00. The summed E-state index contributed by atoms with van der Waals surface area (Å²) in [5, 5.41) is 13.9. The van der Waals surface area contributed by atoms with Crippen LogP contribution in [0.5, 0.6) is 0 Å². The van der Waals surface area contributed by atoms with Crippen LogP contribution in [0.15, 0.2) is 48.7 Å². The van der Waals surface area contributed by atoms with Crippen molar-refractivity contribution in [2.45, 2.75) is 18.6 Å². The number of nitro groups is 1. The van der Waals surface area contributed by atoms with Gasteiger partial charge in [-0.25, -0.2) is 0 Å². The van der Waals surface area contributed by atoms with E-state index in [0.717, 1.165) is 17.7 Å². The zero-order chi connectivity index (χ0) is 14.7. The summed E-state index contributed by atoms with van der Waals surface area (Å²) in [4.78, 5) is 13.9. The van der Waals surface area contributed by atoms with Crippen molar-refractivity contribution in [2.75, 3.05) is 11.9 Å². The summed E-state index contributed by atoms with van der Waals surface area (Å²) in [6.07, 6.45) is 2.36. The molecule has 0 radical (unpaired) electrons. The van der Waals surface area contributed by atoms with Gasteiger partial charge in [-0.2, -0.15) is 0 Å². The summed E-state index contributed by atoms with van der Waals surface area (Å²) in [5.74, 6) is -0.150. The van der Waals surface area contributed by atoms with Crippen molar-refractivity contribution in [1.82, 2.24) is 4.98 Å². The lowest BCUT2D eigenvalue weighted by molar-refractivity contribution is -0.389. The van der Waals surface area contributed by atoms with Crippen LogP contribution < -0.4 is 5.32 Å². The van der Waals surface area contributed by atoms with Crippen LogP contribution in [-0.4, -0.2) is 22.6 Å². The second-order valence-corrected chi connectivity index (χ2v) is 4.90. The molecule has 0 aliphatic carbocycles. The molecule has 2 heterocycles. The number of nitrogens with zero attached hydrogens (tertiary/aromatic N) is 2. The first kappa shape index (κ1) is 13.5. The molecule has 1 saturated heterocycles. The van der Waals surface area contributed by atoms with Gasteiger partial charge in [-0.1, -0.05) is 30.3 Å². The topological polar surface area (TPSA) is 77.3 Å². The molecule has 1 aliphatic rings. The van der Waals surface area contributed by atoms with Crippen molar-refractivity contribution < 1.29 is 9.66 Å². The first-order valence-corrected chi connectivity index (χ1v) is 6.77. The molecule has 0 unspecified atom stereocenters. The smallest absolute Gasteiger partial charge is 0.363 e. The highest BCUT2D eigenvalue weighted by molar-refractivity contribution is 5.45. The molecule has 0 saturated carbocycles. The van der Waals surface area contributed by atoms with Crippen molar-refractivity contribution in [3.8, 4) is 0 Å². The highest BCUT2D eigenvalue weighted by Gasteiger charge is 2.29. The van der Waals surface area contributed by atoms with Crippen molar-refractivity contribution in [3.63, 3.8) is 0 Å². The van der Waals surface area contributed by atoms with Gasteiger partial charge < -0.3 is 20.2 Å². The van der Waals surface area contributed by atoms with Gasteiger partial charge in [0.1, 0.15) is 6.10 Å². The monoisotopic (exact) mass is 285 g/mol. The Bertz CT molecular complexity index is 616. The summed E-state index contributed by atoms with van der Waals surface area (Å²) in [6.45, 7) is 0.692. The quantitative estimate of drug-likeness (QED) is 0.690. The minimum Gasteiger partial charge on any atom is -0.376 e. The van der Waals surface area contributed by atoms with Crippen LogP contribution in [-0.2, 0) is 4.74 Å². The van der Waals surface area contributed by atoms with Crippen molar-refractivity contribution in [1.29, 1.82) is 0 Å². The molecule has 1 fully saturated rings. The number of hydrogen-bond acceptors (Lipinski definition) is 5. The van der Waals surface area contributed by atoms with E-state index in [1.165, 1.54) is 12.3 Å². The minimum atomic E-state index is -0.505. The van der Waals surface area contributed by atoms with E-state index in [2.05, 4.69) is 10.3 Å². The van der Waals surface area contributed by atoms with E-state index < -0.39 is 4.92 Å². The van der Waals surface area contributed by atoms with Crippen molar-refractivity contribution in [2.24, 2.45) is 0 Å². The average Bonchev–Trinajstić information content (AvgIpc) is 2.97. The Morgan fingerprint density at radius 1 is 1.24 bits per heavy atom. The molecule has 1 N–H and O–H groups in total. The van der Waals surface area contributed by atoms with Crippen molar-refractivity contribution in [3.05, 3.63) is 64.3 Å². The van der Waals surface area contributed by atoms with Gasteiger partial charge >= 0.3 is 5.82 Å². The molecule has 6 heteroatoms. The van der Waals surface area contributed by atoms with E-state index in [1.807, 2.05) is 30.3 Å². The molecule has 1 aliphatic heterocycles. The molecule has 2 aromatic rings. The third-order valence-electron chi connectivity index (χ3n) is 3.51. The molecule has 2 atom stereocenters. The van der Waals surface area contributed by atoms with Crippen molar-refractivity contribution >= 4 is 11.5 Å². The SMILES string of the molecule is O=[N+]([O-])c1ccc(N[C@H]2CCO[C@H]2c2ccccc2)cn1. The largest absolute Gasteiger partial charge is 0.376 e. The maximum absolute atomic E-state index is 10.6. The van der Waals surface area contributed by atoms with Crippen LogP contribution in [0.3, 0.4) is 0 Å². The van der Waals surface area contributed by atoms with E-state index in [0.29, 0.717) is 6.61 Å². The van der Waals surface area contributed by atoms with Crippen LogP contribution in [0, 0.1) is 10.1 Å². The van der Waals surface area contributed by atoms with E-state index in [9.17, 15) is 10.1 Å². The van der Waals surface area contributed by atoms with E-state index in [1.54, 1.807) is 6.07 Å². The van der Waals surface area contributed by atoms with Gasteiger partial charge in [0, 0.05) is 12.7 Å². The van der Waals surface area contributed by atoms with E-state index >= 15 is 0 Å². The Balaban J connectivity index is 1.73. The highest BCUT2D eigenvalue weighted by Crippen LogP contribution is 2.31. The van der Waals surface area contributed by atoms with E-state index in [4.69, 9.17) is 4.74 Å². The van der Waals surface area contributed by atoms with Crippen LogP contribution in [0.4, 0.5) is 11.5 Å². The second-order valence-electron chi connectivity index (χ2n) is 4.90. The number of hydrogen-bond donors (Lipinski definition) is 1. The standard InChI is InChI=1S/C15H15N3O3/c19-18(20)14-7-6-12(10-16-14)17-13-8-9-21-15(13)11-4-2-1-3-5-11/h1-7,10,13,15,17H,8-9H2/t13-,15-/m0/s1. The van der Waals surface area contributed by atoms with Gasteiger partial charge in [-0.15, -0.1) is 0 Å². The Kier molecular flexibility index (Phi) is 3.79. The minimum absolute atomic E-state index is 0.0126. The maximum atomic E-state index is 10.6. The number of pyridine rings is 1. The zero-order valence-electron chi connectivity index (χ0n) is 11.3. The third-order valence-corrected chi connectivity index (χ3v) is 3.51. The van der Waals surface area contributed by atoms with Gasteiger partial charge in [-0.05, 0) is 28.0 Å². The molecular weight excluding hydrogens is 270 g/mol. The molecule has 1 aromatic heterocycles. The molecule has 108 valence electrons. The fourth-order valence-corrected chi connectivity index (χ4v) is 2.50. The van der Waals surface area contributed by atoms with E-state index in [-0.39, 0.29) is 18.0 Å². The Morgan fingerprint density at radius 3 is 2.71 bits per heavy atom. The number of rotatable bonds is 4. The number of benzene rings is 1. The van der Waals surface area contributed by atoms with Gasteiger partial charge in [0.15, 0.2) is 6.20 Å². The number of ether oxygens (including phenoxy) is 1. The maximum Gasteiger partial charge on any atom is 0.363 e. The lowest BCUT2D eigenvalue weighted by Gasteiger charge is -2.20. The zero-order valence-corrected chi connectivity index (χ0v) is 11.3.